The van der Waals surface area contributed by atoms with Crippen molar-refractivity contribution in [3.8, 4) is 0 Å². The number of benzene rings is 3. The van der Waals surface area contributed by atoms with Gasteiger partial charge in [-0.2, -0.15) is 4.72 Å². The molecule has 3 aromatic carbocycles. The number of H-pyrrole nitrogens is 1. The number of rotatable bonds is 6. The third-order valence-electron chi connectivity index (χ3n) is 5.48. The molecule has 1 aliphatic rings. The SMILES string of the molecule is O=C1Nc2ccc(S(=O)(=O)NC(Cc3c[nH]c4ccccc34)C(=O)O)c3cccc1c23. The Kier molecular flexibility index (Phi) is 4.31. The van der Waals surface area contributed by atoms with Gasteiger partial charge in [-0.15, -0.1) is 0 Å². The second-order valence-electron chi connectivity index (χ2n) is 7.37. The van der Waals surface area contributed by atoms with Crippen molar-refractivity contribution in [1.82, 2.24) is 9.71 Å². The number of carboxylic acids is 1. The Morgan fingerprint density at radius 3 is 2.61 bits per heavy atom. The minimum Gasteiger partial charge on any atom is -0.480 e. The van der Waals surface area contributed by atoms with Gasteiger partial charge >= 0.3 is 5.97 Å². The maximum absolute atomic E-state index is 13.2. The highest BCUT2D eigenvalue weighted by atomic mass is 32.2. The van der Waals surface area contributed by atoms with Crippen LogP contribution in [0, 0.1) is 0 Å². The molecule has 0 radical (unpaired) electrons. The van der Waals surface area contributed by atoms with E-state index in [0.29, 0.717) is 27.6 Å². The van der Waals surface area contributed by atoms with E-state index in [1.165, 1.54) is 12.1 Å². The Balaban J connectivity index is 1.53. The summed E-state index contributed by atoms with van der Waals surface area (Å²) in [7, 11) is -4.19. The van der Waals surface area contributed by atoms with Gasteiger partial charge in [-0.1, -0.05) is 30.3 Å². The number of amides is 1. The molecule has 0 saturated heterocycles. The van der Waals surface area contributed by atoms with Crippen LogP contribution < -0.4 is 10.0 Å². The van der Waals surface area contributed by atoms with Crippen LogP contribution in [0.4, 0.5) is 5.69 Å². The van der Waals surface area contributed by atoms with Crippen molar-refractivity contribution in [1.29, 1.82) is 0 Å². The molecule has 0 bridgehead atoms. The van der Waals surface area contributed by atoms with Crippen molar-refractivity contribution in [3.05, 3.63) is 71.9 Å². The molecule has 156 valence electrons. The monoisotopic (exact) mass is 435 g/mol. The minimum absolute atomic E-state index is 0.0279. The summed E-state index contributed by atoms with van der Waals surface area (Å²) in [5, 5.41) is 14.1. The number of nitrogens with one attached hydrogen (secondary N) is 3. The number of carbonyl (C=O) groups is 2. The van der Waals surface area contributed by atoms with Gasteiger partial charge in [0.05, 0.1) is 4.90 Å². The Morgan fingerprint density at radius 1 is 1.03 bits per heavy atom. The number of carbonyl (C=O) groups excluding carboxylic acids is 1. The van der Waals surface area contributed by atoms with Gasteiger partial charge in [0.15, 0.2) is 0 Å². The number of aromatic nitrogens is 1. The molecule has 1 aromatic heterocycles. The number of hydrogen-bond donors (Lipinski definition) is 4. The Labute approximate surface area is 176 Å². The van der Waals surface area contributed by atoms with E-state index in [-0.39, 0.29) is 17.2 Å². The number of anilines is 1. The van der Waals surface area contributed by atoms with E-state index >= 15 is 0 Å². The zero-order chi connectivity index (χ0) is 21.8. The predicted molar refractivity (Wildman–Crippen MR) is 116 cm³/mol. The van der Waals surface area contributed by atoms with Crippen molar-refractivity contribution in [3.63, 3.8) is 0 Å². The van der Waals surface area contributed by atoms with Crippen LogP contribution in [0.15, 0.2) is 65.7 Å². The lowest BCUT2D eigenvalue weighted by molar-refractivity contribution is -0.138. The van der Waals surface area contributed by atoms with Crippen molar-refractivity contribution in [2.75, 3.05) is 5.32 Å². The summed E-state index contributed by atoms with van der Waals surface area (Å²) < 4.78 is 28.7. The van der Waals surface area contributed by atoms with E-state index in [1.807, 2.05) is 24.3 Å². The highest BCUT2D eigenvalue weighted by Gasteiger charge is 2.30. The molecule has 2 heterocycles. The van der Waals surface area contributed by atoms with E-state index in [2.05, 4.69) is 15.0 Å². The Hall–Kier alpha value is -3.69. The highest BCUT2D eigenvalue weighted by molar-refractivity contribution is 7.89. The molecule has 8 nitrogen and oxygen atoms in total. The standard InChI is InChI=1S/C22H17N3O5S/c26-21-15-6-3-5-14-19(9-8-17(24-21)20(14)15)31(29,30)25-18(22(27)28)10-12-11-23-16-7-2-1-4-13(12)16/h1-9,11,18,23,25H,10H2,(H,24,26)(H,27,28). The zero-order valence-corrected chi connectivity index (χ0v) is 16.9. The van der Waals surface area contributed by atoms with Crippen LogP contribution in [0.1, 0.15) is 15.9 Å². The number of fused-ring (bicyclic) bond motifs is 1. The fourth-order valence-electron chi connectivity index (χ4n) is 4.05. The van der Waals surface area contributed by atoms with Crippen LogP contribution >= 0.6 is 0 Å². The summed E-state index contributed by atoms with van der Waals surface area (Å²) in [6, 6.07) is 13.8. The molecule has 0 fully saturated rings. The lowest BCUT2D eigenvalue weighted by Crippen LogP contribution is -2.42. The molecule has 31 heavy (non-hydrogen) atoms. The maximum Gasteiger partial charge on any atom is 0.322 e. The van der Waals surface area contributed by atoms with Gasteiger partial charge in [-0.05, 0) is 29.8 Å². The van der Waals surface area contributed by atoms with Crippen LogP contribution in [-0.4, -0.2) is 36.4 Å². The molecular formula is C22H17N3O5S. The lowest BCUT2D eigenvalue weighted by Gasteiger charge is -2.16. The van der Waals surface area contributed by atoms with Crippen molar-refractivity contribution in [2.45, 2.75) is 17.4 Å². The molecule has 0 spiro atoms. The normalized spacial score (nSPS) is 14.1. The van der Waals surface area contributed by atoms with Crippen molar-refractivity contribution in [2.24, 2.45) is 0 Å². The molecule has 1 atom stereocenters. The van der Waals surface area contributed by atoms with Crippen molar-refractivity contribution < 1.29 is 23.1 Å². The summed E-state index contributed by atoms with van der Waals surface area (Å²) in [6.45, 7) is 0. The first-order valence-corrected chi connectivity index (χ1v) is 11.0. The molecule has 1 aliphatic heterocycles. The lowest BCUT2D eigenvalue weighted by atomic mass is 10.1. The molecular weight excluding hydrogens is 418 g/mol. The van der Waals surface area contributed by atoms with Crippen LogP contribution in [0.25, 0.3) is 21.7 Å². The zero-order valence-electron chi connectivity index (χ0n) is 16.0. The van der Waals surface area contributed by atoms with Gasteiger partial charge in [0.1, 0.15) is 6.04 Å². The Morgan fingerprint density at radius 2 is 1.81 bits per heavy atom. The molecule has 0 saturated carbocycles. The average Bonchev–Trinajstić information content (AvgIpc) is 3.30. The molecule has 5 rings (SSSR count). The number of aromatic amines is 1. The average molecular weight is 435 g/mol. The second-order valence-corrected chi connectivity index (χ2v) is 9.05. The van der Waals surface area contributed by atoms with E-state index in [0.717, 1.165) is 10.9 Å². The summed E-state index contributed by atoms with van der Waals surface area (Å²) in [5.41, 5.74) is 2.45. The van der Waals surface area contributed by atoms with E-state index < -0.39 is 22.0 Å². The van der Waals surface area contributed by atoms with Crippen LogP contribution in [0.5, 0.6) is 0 Å². The minimum atomic E-state index is -4.19. The topological polar surface area (TPSA) is 128 Å². The summed E-state index contributed by atoms with van der Waals surface area (Å²) in [6.07, 6.45) is 1.66. The van der Waals surface area contributed by atoms with Crippen molar-refractivity contribution >= 4 is 49.3 Å². The first-order valence-electron chi connectivity index (χ1n) is 9.52. The van der Waals surface area contributed by atoms with E-state index in [9.17, 15) is 23.1 Å². The number of para-hydroxylation sites is 1. The smallest absolute Gasteiger partial charge is 0.322 e. The molecule has 1 unspecified atom stereocenters. The van der Waals surface area contributed by atoms with Crippen LogP contribution in [-0.2, 0) is 21.2 Å². The molecule has 4 N–H and O–H groups in total. The van der Waals surface area contributed by atoms with Crippen LogP contribution in [0.2, 0.25) is 0 Å². The highest BCUT2D eigenvalue weighted by Crippen LogP contribution is 2.36. The van der Waals surface area contributed by atoms with Gasteiger partial charge in [-0.25, -0.2) is 8.42 Å². The van der Waals surface area contributed by atoms with Gasteiger partial charge < -0.3 is 15.4 Å². The van der Waals surface area contributed by atoms with Crippen LogP contribution in [0.3, 0.4) is 0 Å². The number of aliphatic carboxylic acids is 1. The number of carboxylic acid groups (broad SMARTS) is 1. The fraction of sp³-hybridized carbons (Fsp3) is 0.0909. The molecule has 9 heteroatoms. The summed E-state index contributed by atoms with van der Waals surface area (Å²) in [5.74, 6) is -1.58. The van der Waals surface area contributed by atoms with E-state index in [1.54, 1.807) is 24.4 Å². The summed E-state index contributed by atoms with van der Waals surface area (Å²) >= 11 is 0. The summed E-state index contributed by atoms with van der Waals surface area (Å²) in [4.78, 5) is 27.0. The third kappa shape index (κ3) is 3.15. The number of hydrogen-bond acceptors (Lipinski definition) is 4. The fourth-order valence-corrected chi connectivity index (χ4v) is 5.44. The first-order chi connectivity index (χ1) is 14.8. The molecule has 0 aliphatic carbocycles. The predicted octanol–water partition coefficient (Wildman–Crippen LogP) is 2.86. The quantitative estimate of drug-likeness (QED) is 0.370. The van der Waals surface area contributed by atoms with E-state index in [4.69, 9.17) is 0 Å². The Bertz CT molecular complexity index is 1490. The van der Waals surface area contributed by atoms with Gasteiger partial charge in [-0.3, -0.25) is 9.59 Å². The third-order valence-corrected chi connectivity index (χ3v) is 7.01. The second kappa shape index (κ2) is 6.93. The molecule has 4 aromatic rings. The van der Waals surface area contributed by atoms with Gasteiger partial charge in [0.25, 0.3) is 5.91 Å². The van der Waals surface area contributed by atoms with Gasteiger partial charge in [0, 0.05) is 45.5 Å². The molecule has 1 amide bonds. The van der Waals surface area contributed by atoms with Gasteiger partial charge in [0.2, 0.25) is 10.0 Å². The largest absolute Gasteiger partial charge is 0.480 e. The first kappa shape index (κ1) is 19.3. The number of sulfonamides is 1. The maximum atomic E-state index is 13.2.